The van der Waals surface area contributed by atoms with Gasteiger partial charge in [0, 0.05) is 18.0 Å². The van der Waals surface area contributed by atoms with E-state index >= 15 is 0 Å². The van der Waals surface area contributed by atoms with Gasteiger partial charge in [-0.1, -0.05) is 37.6 Å². The van der Waals surface area contributed by atoms with E-state index in [1.54, 1.807) is 18.2 Å². The molecule has 1 aliphatic rings. The number of imide groups is 1. The molecule has 1 atom stereocenters. The predicted octanol–water partition coefficient (Wildman–Crippen LogP) is 3.60. The molecule has 1 fully saturated rings. The van der Waals surface area contributed by atoms with Gasteiger partial charge < -0.3 is 5.32 Å². The summed E-state index contributed by atoms with van der Waals surface area (Å²) in [7, 11) is -3.90. The summed E-state index contributed by atoms with van der Waals surface area (Å²) in [5.41, 5.74) is 0.924. The molecule has 0 bridgehead atoms. The minimum atomic E-state index is -3.90. The molecule has 1 aliphatic heterocycles. The van der Waals surface area contributed by atoms with Crippen LogP contribution in [-0.4, -0.2) is 49.5 Å². The second-order valence-electron chi connectivity index (χ2n) is 8.26. The van der Waals surface area contributed by atoms with Gasteiger partial charge in [-0.3, -0.25) is 19.3 Å². The van der Waals surface area contributed by atoms with Crippen LogP contribution in [-0.2, 0) is 19.6 Å². The number of sulfonamides is 1. The van der Waals surface area contributed by atoms with Crippen LogP contribution in [0.15, 0.2) is 51.6 Å². The number of hydrogen-bond donors (Lipinski definition) is 2. The highest BCUT2D eigenvalue weighted by molar-refractivity contribution is 8.18. The number of carbonyl (C=O) groups is 3. The number of nitrogens with one attached hydrogen (secondary N) is 2. The summed E-state index contributed by atoms with van der Waals surface area (Å²) in [5, 5.41) is 4.14. The van der Waals surface area contributed by atoms with Crippen molar-refractivity contribution in [3.05, 3.63) is 57.1 Å². The van der Waals surface area contributed by atoms with Crippen LogP contribution in [0.4, 0.5) is 4.79 Å². The minimum Gasteiger partial charge on any atom is -0.353 e. The predicted molar refractivity (Wildman–Crippen MR) is 135 cm³/mol. The Labute approximate surface area is 207 Å². The molecule has 0 saturated carbocycles. The Hall–Kier alpha value is -2.47. The van der Waals surface area contributed by atoms with E-state index in [4.69, 9.17) is 0 Å². The third kappa shape index (κ3) is 6.78. The molecule has 1 aromatic heterocycles. The van der Waals surface area contributed by atoms with Crippen LogP contribution < -0.4 is 10.0 Å². The molecule has 8 nitrogen and oxygen atoms in total. The molecule has 2 heterocycles. The van der Waals surface area contributed by atoms with E-state index in [2.05, 4.69) is 10.0 Å². The second-order valence-corrected chi connectivity index (χ2v) is 11.9. The van der Waals surface area contributed by atoms with E-state index in [0.717, 1.165) is 27.1 Å². The quantitative estimate of drug-likeness (QED) is 0.462. The van der Waals surface area contributed by atoms with E-state index in [1.807, 2.05) is 38.3 Å². The third-order valence-electron chi connectivity index (χ3n) is 4.98. The molecule has 2 N–H and O–H groups in total. The van der Waals surface area contributed by atoms with Gasteiger partial charge in [0.15, 0.2) is 0 Å². The first-order valence-electron chi connectivity index (χ1n) is 10.7. The van der Waals surface area contributed by atoms with Crippen LogP contribution >= 0.6 is 23.1 Å². The number of nitrogens with zero attached hydrogens (tertiary/aromatic N) is 1. The number of aryl methyl sites for hydroxylation is 1. The van der Waals surface area contributed by atoms with E-state index in [1.165, 1.54) is 23.5 Å². The molecule has 34 heavy (non-hydrogen) atoms. The monoisotopic (exact) mass is 521 g/mol. The molecule has 1 aromatic carbocycles. The van der Waals surface area contributed by atoms with Gasteiger partial charge in [0.1, 0.15) is 6.04 Å². The van der Waals surface area contributed by atoms with Crippen molar-refractivity contribution in [2.75, 3.05) is 13.1 Å². The minimum absolute atomic E-state index is 0.00268. The zero-order valence-corrected chi connectivity index (χ0v) is 21.6. The van der Waals surface area contributed by atoms with Gasteiger partial charge in [0.25, 0.3) is 11.1 Å². The molecule has 1 unspecified atom stereocenters. The Morgan fingerprint density at radius 1 is 1.15 bits per heavy atom. The van der Waals surface area contributed by atoms with Crippen LogP contribution in [0.25, 0.3) is 6.08 Å². The molecular formula is C23H27N3O5S3. The van der Waals surface area contributed by atoms with E-state index < -0.39 is 33.1 Å². The lowest BCUT2D eigenvalue weighted by atomic mass is 10.0. The van der Waals surface area contributed by atoms with Crippen LogP contribution in [0.3, 0.4) is 0 Å². The third-order valence-corrected chi connectivity index (χ3v) is 8.19. The van der Waals surface area contributed by atoms with Crippen molar-refractivity contribution in [1.29, 1.82) is 0 Å². The van der Waals surface area contributed by atoms with E-state index in [9.17, 15) is 22.8 Å². The molecule has 1 saturated heterocycles. The van der Waals surface area contributed by atoms with E-state index in [-0.39, 0.29) is 23.9 Å². The summed E-state index contributed by atoms with van der Waals surface area (Å²) in [6, 6.07) is 9.09. The fourth-order valence-corrected chi connectivity index (χ4v) is 6.06. The highest BCUT2D eigenvalue weighted by atomic mass is 32.2. The lowest BCUT2D eigenvalue weighted by Crippen LogP contribution is -2.49. The SMILES string of the molecule is Cc1ccc(S(=O)(=O)NC(CC(C)C)C(=O)NCCN2C(=O)SC(=Cc3cccs3)C2=O)cc1. The maximum atomic E-state index is 12.8. The van der Waals surface area contributed by atoms with Crippen molar-refractivity contribution < 1.29 is 22.8 Å². The maximum Gasteiger partial charge on any atom is 0.293 e. The highest BCUT2D eigenvalue weighted by Gasteiger charge is 2.35. The summed E-state index contributed by atoms with van der Waals surface area (Å²) in [6.45, 7) is 5.65. The molecule has 3 amide bonds. The van der Waals surface area contributed by atoms with Gasteiger partial charge in [-0.05, 0) is 60.7 Å². The molecule has 182 valence electrons. The largest absolute Gasteiger partial charge is 0.353 e. The van der Waals surface area contributed by atoms with Gasteiger partial charge >= 0.3 is 0 Å². The zero-order chi connectivity index (χ0) is 24.9. The van der Waals surface area contributed by atoms with Crippen molar-refractivity contribution in [3.8, 4) is 0 Å². The van der Waals surface area contributed by atoms with Crippen molar-refractivity contribution in [2.45, 2.75) is 38.1 Å². The smallest absolute Gasteiger partial charge is 0.293 e. The van der Waals surface area contributed by atoms with Gasteiger partial charge in [0.2, 0.25) is 15.9 Å². The highest BCUT2D eigenvalue weighted by Crippen LogP contribution is 2.32. The Kier molecular flexibility index (Phi) is 8.69. The fourth-order valence-electron chi connectivity index (χ4n) is 3.26. The van der Waals surface area contributed by atoms with Crippen molar-refractivity contribution >= 4 is 56.3 Å². The van der Waals surface area contributed by atoms with Crippen molar-refractivity contribution in [1.82, 2.24) is 14.9 Å². The Balaban J connectivity index is 1.61. The number of carbonyl (C=O) groups excluding carboxylic acids is 3. The topological polar surface area (TPSA) is 113 Å². The summed E-state index contributed by atoms with van der Waals surface area (Å²) in [6.07, 6.45) is 1.97. The summed E-state index contributed by atoms with van der Waals surface area (Å²) in [4.78, 5) is 40.0. The second kappa shape index (κ2) is 11.3. The summed E-state index contributed by atoms with van der Waals surface area (Å²) in [5.74, 6) is -0.860. The normalized spacial score (nSPS) is 16.5. The number of benzene rings is 1. The number of thioether (sulfide) groups is 1. The Morgan fingerprint density at radius 3 is 2.47 bits per heavy atom. The summed E-state index contributed by atoms with van der Waals surface area (Å²) >= 11 is 2.32. The molecule has 11 heteroatoms. The molecule has 0 spiro atoms. The average molecular weight is 522 g/mol. The lowest BCUT2D eigenvalue weighted by molar-refractivity contribution is -0.125. The molecule has 2 aromatic rings. The first-order valence-corrected chi connectivity index (χ1v) is 13.9. The zero-order valence-electron chi connectivity index (χ0n) is 19.1. The van der Waals surface area contributed by atoms with Crippen LogP contribution in [0.5, 0.6) is 0 Å². The summed E-state index contributed by atoms with van der Waals surface area (Å²) < 4.78 is 28.0. The number of rotatable bonds is 10. The number of amides is 3. The van der Waals surface area contributed by atoms with Gasteiger partial charge in [-0.25, -0.2) is 8.42 Å². The fraction of sp³-hybridized carbons (Fsp3) is 0.348. The van der Waals surface area contributed by atoms with Crippen LogP contribution in [0.1, 0.15) is 30.7 Å². The molecule has 0 radical (unpaired) electrons. The molecule has 3 rings (SSSR count). The number of thiophene rings is 1. The first kappa shape index (κ1) is 26.1. The average Bonchev–Trinajstić information content (AvgIpc) is 3.36. The van der Waals surface area contributed by atoms with Crippen LogP contribution in [0.2, 0.25) is 0 Å². The molecule has 0 aliphatic carbocycles. The Morgan fingerprint density at radius 2 is 1.85 bits per heavy atom. The van der Waals surface area contributed by atoms with Crippen LogP contribution in [0, 0.1) is 12.8 Å². The van der Waals surface area contributed by atoms with Gasteiger partial charge in [0.05, 0.1) is 9.80 Å². The Bertz CT molecular complexity index is 1170. The number of hydrogen-bond acceptors (Lipinski definition) is 7. The van der Waals surface area contributed by atoms with Gasteiger partial charge in [-0.2, -0.15) is 4.72 Å². The maximum absolute atomic E-state index is 12.8. The van der Waals surface area contributed by atoms with Gasteiger partial charge in [-0.15, -0.1) is 11.3 Å². The van der Waals surface area contributed by atoms with Crippen molar-refractivity contribution in [2.24, 2.45) is 5.92 Å². The lowest BCUT2D eigenvalue weighted by Gasteiger charge is -2.21. The van der Waals surface area contributed by atoms with Crippen molar-refractivity contribution in [3.63, 3.8) is 0 Å². The van der Waals surface area contributed by atoms with E-state index in [0.29, 0.717) is 11.3 Å². The molecular weight excluding hydrogens is 494 g/mol. The standard InChI is InChI=1S/C23H27N3O5S3/c1-15(2)13-19(25-34(30,31)18-8-6-16(3)7-9-18)21(27)24-10-11-26-22(28)20(33-23(26)29)14-17-5-4-12-32-17/h4-9,12,14-15,19,25H,10-11,13H2,1-3H3,(H,24,27). The first-order chi connectivity index (χ1) is 16.1.